The van der Waals surface area contributed by atoms with Gasteiger partial charge >= 0.3 is 0 Å². The molecule has 7 heteroatoms. The zero-order valence-corrected chi connectivity index (χ0v) is 20.4. The second-order valence-corrected chi connectivity index (χ2v) is 13.3. The standard InChI is InChI=1S/C21H24N5Si.Ir/c1-14-10-16(27(4,5)6)11-15(2)19(14)26-13-23-24-21(26)17-8-7-9-18-20(17)25(3)12-22-18;/h7,9-13H,1-6H3;/q-1;. The Labute approximate surface area is 180 Å². The van der Waals surface area contributed by atoms with E-state index in [9.17, 15) is 0 Å². The average molecular weight is 567 g/mol. The summed E-state index contributed by atoms with van der Waals surface area (Å²) in [6.45, 7) is 11.5. The minimum atomic E-state index is -1.37. The summed E-state index contributed by atoms with van der Waals surface area (Å²) < 4.78 is 4.09. The number of benzene rings is 2. The molecule has 0 spiro atoms. The first-order valence-corrected chi connectivity index (χ1v) is 12.6. The third kappa shape index (κ3) is 3.38. The zero-order chi connectivity index (χ0) is 19.3. The van der Waals surface area contributed by atoms with Crippen molar-refractivity contribution in [3.05, 3.63) is 54.1 Å². The van der Waals surface area contributed by atoms with E-state index in [1.165, 1.54) is 16.3 Å². The van der Waals surface area contributed by atoms with Gasteiger partial charge in [-0.15, -0.1) is 23.3 Å². The van der Waals surface area contributed by atoms with Gasteiger partial charge in [0.15, 0.2) is 0 Å². The zero-order valence-electron chi connectivity index (χ0n) is 17.0. The number of rotatable bonds is 3. The predicted octanol–water partition coefficient (Wildman–Crippen LogP) is 3.78. The molecule has 0 saturated heterocycles. The Morgan fingerprint density at radius 3 is 2.36 bits per heavy atom. The number of nitrogens with zero attached hydrogens (tertiary/aromatic N) is 5. The monoisotopic (exact) mass is 567 g/mol. The molecule has 4 aromatic rings. The van der Waals surface area contributed by atoms with Gasteiger partial charge in [-0.25, -0.2) is 0 Å². The van der Waals surface area contributed by atoms with Gasteiger partial charge in [0, 0.05) is 38.4 Å². The third-order valence-electron chi connectivity index (χ3n) is 5.04. The van der Waals surface area contributed by atoms with Crippen LogP contribution in [0.1, 0.15) is 11.1 Å². The van der Waals surface area contributed by atoms with Gasteiger partial charge < -0.3 is 9.13 Å². The van der Waals surface area contributed by atoms with Crippen molar-refractivity contribution < 1.29 is 20.1 Å². The molecule has 0 atom stereocenters. The molecule has 5 nitrogen and oxygen atoms in total. The second-order valence-electron chi connectivity index (χ2n) is 8.18. The Morgan fingerprint density at radius 1 is 1.04 bits per heavy atom. The maximum atomic E-state index is 4.46. The molecule has 0 amide bonds. The number of aromatic nitrogens is 5. The fourth-order valence-electron chi connectivity index (χ4n) is 3.66. The van der Waals surface area contributed by atoms with E-state index in [4.69, 9.17) is 0 Å². The molecular weight excluding hydrogens is 543 g/mol. The smallest absolute Gasteiger partial charge is 0.114 e. The Morgan fingerprint density at radius 2 is 1.71 bits per heavy atom. The summed E-state index contributed by atoms with van der Waals surface area (Å²) in [5.74, 6) is 0.788. The molecule has 2 heterocycles. The molecule has 0 bridgehead atoms. The summed E-state index contributed by atoms with van der Waals surface area (Å²) in [7, 11) is 0.618. The minimum absolute atomic E-state index is 0. The van der Waals surface area contributed by atoms with Gasteiger partial charge in [-0.2, -0.15) is 5.10 Å². The van der Waals surface area contributed by atoms with Crippen molar-refractivity contribution in [2.24, 2.45) is 7.05 Å². The molecule has 2 aromatic carbocycles. The van der Waals surface area contributed by atoms with Gasteiger partial charge in [0.25, 0.3) is 0 Å². The maximum Gasteiger partial charge on any atom is 0.114 e. The van der Waals surface area contributed by atoms with E-state index in [1.54, 1.807) is 6.33 Å². The molecule has 4 rings (SSSR count). The molecule has 0 fully saturated rings. The quantitative estimate of drug-likeness (QED) is 0.280. The summed E-state index contributed by atoms with van der Waals surface area (Å²) in [6, 6.07) is 11.9. The molecule has 1 radical (unpaired) electrons. The normalized spacial score (nSPS) is 11.6. The molecule has 0 saturated carbocycles. The van der Waals surface area contributed by atoms with E-state index < -0.39 is 8.07 Å². The van der Waals surface area contributed by atoms with Gasteiger partial charge in [-0.3, -0.25) is 4.98 Å². The Kier molecular flexibility index (Phi) is 5.45. The van der Waals surface area contributed by atoms with Gasteiger partial charge in [0.2, 0.25) is 0 Å². The van der Waals surface area contributed by atoms with Crippen molar-refractivity contribution in [2.75, 3.05) is 0 Å². The minimum Gasteiger partial charge on any atom is -0.373 e. The van der Waals surface area contributed by atoms with Crippen LogP contribution in [-0.2, 0) is 27.2 Å². The van der Waals surface area contributed by atoms with Crippen molar-refractivity contribution in [3.63, 3.8) is 0 Å². The van der Waals surface area contributed by atoms with Crippen molar-refractivity contribution >= 4 is 24.3 Å². The van der Waals surface area contributed by atoms with Crippen molar-refractivity contribution in [3.8, 4) is 17.1 Å². The number of hydrogen-bond donors (Lipinski definition) is 0. The van der Waals surface area contributed by atoms with Gasteiger partial charge in [-0.05, 0) is 30.5 Å². The first kappa shape index (κ1) is 20.6. The number of imidazole rings is 1. The topological polar surface area (TPSA) is 48.5 Å². The van der Waals surface area contributed by atoms with Crippen LogP contribution >= 0.6 is 0 Å². The number of fused-ring (bicyclic) bond motifs is 1. The van der Waals surface area contributed by atoms with Crippen LogP contribution < -0.4 is 5.19 Å². The van der Waals surface area contributed by atoms with Crippen LogP contribution in [0.25, 0.3) is 28.1 Å². The number of aryl methyl sites for hydroxylation is 3. The van der Waals surface area contributed by atoms with Crippen LogP contribution in [0.5, 0.6) is 0 Å². The van der Waals surface area contributed by atoms with Crippen LogP contribution in [0, 0.1) is 19.9 Å². The van der Waals surface area contributed by atoms with Gasteiger partial charge in [-0.1, -0.05) is 42.5 Å². The van der Waals surface area contributed by atoms with E-state index in [0.717, 1.165) is 28.1 Å². The van der Waals surface area contributed by atoms with Gasteiger partial charge in [0.05, 0.1) is 20.2 Å². The molecule has 147 valence electrons. The molecular formula is C21H24IrN5Si-. The largest absolute Gasteiger partial charge is 0.373 e. The fraction of sp³-hybridized carbons (Fsp3) is 0.286. The summed E-state index contributed by atoms with van der Waals surface area (Å²) in [5, 5.41) is 10.1. The fourth-order valence-corrected chi connectivity index (χ4v) is 4.95. The van der Waals surface area contributed by atoms with E-state index in [-0.39, 0.29) is 20.1 Å². The molecule has 0 aliphatic carbocycles. The SMILES string of the molecule is Cc1cc([Si](C)(C)C)cc(C)c1-n1cnnc1-c1[c-]ccc2ncn(C)c12.[Ir]. The van der Waals surface area contributed by atoms with Crippen molar-refractivity contribution in [1.82, 2.24) is 24.3 Å². The van der Waals surface area contributed by atoms with Crippen LogP contribution in [0.15, 0.2) is 36.9 Å². The summed E-state index contributed by atoms with van der Waals surface area (Å²) >= 11 is 0. The number of hydrogen-bond acceptors (Lipinski definition) is 3. The van der Waals surface area contributed by atoms with Crippen molar-refractivity contribution in [2.45, 2.75) is 33.5 Å². The molecule has 0 N–H and O–H groups in total. The average Bonchev–Trinajstić information content (AvgIpc) is 3.21. The second kappa shape index (κ2) is 7.39. The Hall–Kier alpha value is -2.08. The molecule has 0 aliphatic rings. The molecule has 0 unspecified atom stereocenters. The van der Waals surface area contributed by atoms with E-state index in [1.807, 2.05) is 30.1 Å². The van der Waals surface area contributed by atoms with Crippen molar-refractivity contribution in [1.29, 1.82) is 0 Å². The molecule has 0 aliphatic heterocycles. The molecule has 28 heavy (non-hydrogen) atoms. The maximum absolute atomic E-state index is 4.46. The summed E-state index contributed by atoms with van der Waals surface area (Å²) in [6.07, 6.45) is 3.61. The Balaban J connectivity index is 0.00000225. The first-order chi connectivity index (χ1) is 12.8. The van der Waals surface area contributed by atoms with E-state index >= 15 is 0 Å². The van der Waals surface area contributed by atoms with Crippen LogP contribution in [0.4, 0.5) is 0 Å². The summed E-state index contributed by atoms with van der Waals surface area (Å²) in [5.41, 5.74) is 6.49. The predicted molar refractivity (Wildman–Crippen MR) is 112 cm³/mol. The third-order valence-corrected chi connectivity index (χ3v) is 7.06. The van der Waals surface area contributed by atoms with Crippen LogP contribution in [0.2, 0.25) is 19.6 Å². The van der Waals surface area contributed by atoms with E-state index in [0.29, 0.717) is 0 Å². The van der Waals surface area contributed by atoms with Crippen LogP contribution in [-0.4, -0.2) is 32.4 Å². The molecule has 2 aromatic heterocycles. The Bertz CT molecular complexity index is 1130. The first-order valence-electron chi connectivity index (χ1n) is 9.11. The van der Waals surface area contributed by atoms with Crippen LogP contribution in [0.3, 0.4) is 0 Å². The van der Waals surface area contributed by atoms with E-state index in [2.05, 4.69) is 71.4 Å². The summed E-state index contributed by atoms with van der Waals surface area (Å²) in [4.78, 5) is 4.46. The van der Waals surface area contributed by atoms with Gasteiger partial charge in [0.1, 0.15) is 6.33 Å².